The second kappa shape index (κ2) is 7.21. The number of carbonyl (C=O) groups excluding carboxylic acids is 1. The van der Waals surface area contributed by atoms with Crippen LogP contribution in [0.1, 0.15) is 28.6 Å². The molecule has 0 aliphatic rings. The molecule has 0 fully saturated rings. The van der Waals surface area contributed by atoms with Gasteiger partial charge in [-0.2, -0.15) is 0 Å². The number of hydrogen-bond donors (Lipinski definition) is 1. The lowest BCUT2D eigenvalue weighted by Gasteiger charge is -2.10. The van der Waals surface area contributed by atoms with E-state index < -0.39 is 0 Å². The molecule has 1 amide bonds. The quantitative estimate of drug-likeness (QED) is 0.739. The fourth-order valence-electron chi connectivity index (χ4n) is 2.53. The zero-order chi connectivity index (χ0) is 17.8. The summed E-state index contributed by atoms with van der Waals surface area (Å²) >= 11 is 0. The summed E-state index contributed by atoms with van der Waals surface area (Å²) in [6.07, 6.45) is 1.67. The minimum atomic E-state index is -0.174. The van der Waals surface area contributed by atoms with Gasteiger partial charge in [-0.05, 0) is 62.7 Å². The minimum Gasteiger partial charge on any atom is -0.494 e. The van der Waals surface area contributed by atoms with E-state index in [4.69, 9.17) is 9.15 Å². The summed E-state index contributed by atoms with van der Waals surface area (Å²) in [6.45, 7) is 6.30. The second-order valence-electron chi connectivity index (χ2n) is 5.72. The van der Waals surface area contributed by atoms with Gasteiger partial charge < -0.3 is 14.5 Å². The number of nitrogens with zero attached hydrogens (tertiary/aromatic N) is 1. The van der Waals surface area contributed by atoms with E-state index in [1.807, 2.05) is 57.2 Å². The minimum absolute atomic E-state index is 0.174. The molecule has 1 N–H and O–H groups in total. The monoisotopic (exact) mass is 336 g/mol. The number of oxazole rings is 1. The van der Waals surface area contributed by atoms with Crippen LogP contribution in [-0.2, 0) is 0 Å². The van der Waals surface area contributed by atoms with Gasteiger partial charge in [0.1, 0.15) is 11.5 Å². The number of nitrogens with one attached hydrogen (secondary N) is 1. The molecule has 0 saturated heterocycles. The molecule has 5 nitrogen and oxygen atoms in total. The van der Waals surface area contributed by atoms with Crippen LogP contribution in [0.3, 0.4) is 0 Å². The Morgan fingerprint density at radius 3 is 2.72 bits per heavy atom. The molecule has 0 radical (unpaired) electrons. The van der Waals surface area contributed by atoms with Gasteiger partial charge in [0.15, 0.2) is 0 Å². The lowest BCUT2D eigenvalue weighted by Crippen LogP contribution is -2.12. The molecular weight excluding hydrogens is 316 g/mol. The van der Waals surface area contributed by atoms with Crippen molar-refractivity contribution in [1.29, 1.82) is 0 Å². The van der Waals surface area contributed by atoms with Gasteiger partial charge in [-0.15, -0.1) is 0 Å². The zero-order valence-electron chi connectivity index (χ0n) is 14.5. The number of aromatic nitrogens is 1. The normalized spacial score (nSPS) is 10.5. The molecular formula is C20H20N2O3. The lowest BCUT2D eigenvalue weighted by molar-refractivity contribution is 0.102. The fourth-order valence-corrected chi connectivity index (χ4v) is 2.53. The van der Waals surface area contributed by atoms with Crippen LogP contribution >= 0.6 is 0 Å². The standard InChI is InChI=1S/C20H20N2O3/c1-4-24-18-9-8-15(10-13(18)2)19(23)22-17-7-5-6-16(11-17)20-21-12-14(3)25-20/h5-12H,4H2,1-3H3,(H,22,23). The highest BCUT2D eigenvalue weighted by molar-refractivity contribution is 6.04. The largest absolute Gasteiger partial charge is 0.494 e. The van der Waals surface area contributed by atoms with Crippen molar-refractivity contribution in [3.05, 3.63) is 65.5 Å². The van der Waals surface area contributed by atoms with E-state index in [0.717, 1.165) is 22.6 Å². The Hall–Kier alpha value is -3.08. The first kappa shape index (κ1) is 16.8. The third-order valence-corrected chi connectivity index (χ3v) is 3.73. The van der Waals surface area contributed by atoms with E-state index in [0.29, 0.717) is 23.7 Å². The number of ether oxygens (including phenoxy) is 1. The lowest BCUT2D eigenvalue weighted by atomic mass is 10.1. The smallest absolute Gasteiger partial charge is 0.255 e. The van der Waals surface area contributed by atoms with E-state index in [2.05, 4.69) is 10.3 Å². The van der Waals surface area contributed by atoms with Gasteiger partial charge in [-0.25, -0.2) is 4.98 Å². The highest BCUT2D eigenvalue weighted by atomic mass is 16.5. The second-order valence-corrected chi connectivity index (χ2v) is 5.72. The van der Waals surface area contributed by atoms with Gasteiger partial charge >= 0.3 is 0 Å². The number of rotatable bonds is 5. The molecule has 2 aromatic carbocycles. The van der Waals surface area contributed by atoms with Crippen molar-refractivity contribution in [2.75, 3.05) is 11.9 Å². The summed E-state index contributed by atoms with van der Waals surface area (Å²) in [5.74, 6) is 1.90. The number of benzene rings is 2. The summed E-state index contributed by atoms with van der Waals surface area (Å²) in [5.41, 5.74) is 3.01. The highest BCUT2D eigenvalue weighted by Crippen LogP contribution is 2.23. The van der Waals surface area contributed by atoms with Gasteiger partial charge in [-0.1, -0.05) is 6.07 Å². The van der Waals surface area contributed by atoms with E-state index in [-0.39, 0.29) is 5.91 Å². The number of anilines is 1. The van der Waals surface area contributed by atoms with Crippen LogP contribution in [0.5, 0.6) is 5.75 Å². The van der Waals surface area contributed by atoms with Crippen molar-refractivity contribution in [2.45, 2.75) is 20.8 Å². The third kappa shape index (κ3) is 3.88. The van der Waals surface area contributed by atoms with Crippen LogP contribution in [-0.4, -0.2) is 17.5 Å². The first-order valence-electron chi connectivity index (χ1n) is 8.14. The number of hydrogen-bond acceptors (Lipinski definition) is 4. The number of carbonyl (C=O) groups is 1. The fraction of sp³-hybridized carbons (Fsp3) is 0.200. The van der Waals surface area contributed by atoms with E-state index in [1.54, 1.807) is 12.3 Å². The molecule has 128 valence electrons. The van der Waals surface area contributed by atoms with Gasteiger partial charge in [0, 0.05) is 16.8 Å². The molecule has 5 heteroatoms. The first-order chi connectivity index (χ1) is 12.1. The molecule has 0 bridgehead atoms. The molecule has 0 spiro atoms. The molecule has 0 aliphatic heterocycles. The molecule has 0 atom stereocenters. The van der Waals surface area contributed by atoms with E-state index in [9.17, 15) is 4.79 Å². The van der Waals surface area contributed by atoms with Crippen LogP contribution in [0.2, 0.25) is 0 Å². The molecule has 0 saturated carbocycles. The van der Waals surface area contributed by atoms with Gasteiger partial charge in [0.25, 0.3) is 5.91 Å². The highest BCUT2D eigenvalue weighted by Gasteiger charge is 2.10. The Balaban J connectivity index is 1.78. The summed E-state index contributed by atoms with van der Waals surface area (Å²) in [5, 5.41) is 2.90. The average molecular weight is 336 g/mol. The van der Waals surface area contributed by atoms with Crippen molar-refractivity contribution < 1.29 is 13.9 Å². The number of aryl methyl sites for hydroxylation is 2. The van der Waals surface area contributed by atoms with Crippen LogP contribution < -0.4 is 10.1 Å². The first-order valence-corrected chi connectivity index (χ1v) is 8.14. The van der Waals surface area contributed by atoms with Crippen molar-refractivity contribution in [3.63, 3.8) is 0 Å². The molecule has 1 aromatic heterocycles. The summed E-state index contributed by atoms with van der Waals surface area (Å²) in [7, 11) is 0. The molecule has 25 heavy (non-hydrogen) atoms. The van der Waals surface area contributed by atoms with Gasteiger partial charge in [0.05, 0.1) is 12.8 Å². The van der Waals surface area contributed by atoms with E-state index in [1.165, 1.54) is 0 Å². The Labute approximate surface area is 146 Å². The Morgan fingerprint density at radius 1 is 1.20 bits per heavy atom. The van der Waals surface area contributed by atoms with Crippen LogP contribution in [0.4, 0.5) is 5.69 Å². The molecule has 1 heterocycles. The molecule has 3 aromatic rings. The average Bonchev–Trinajstić information content (AvgIpc) is 3.03. The molecule has 3 rings (SSSR count). The zero-order valence-corrected chi connectivity index (χ0v) is 14.5. The summed E-state index contributed by atoms with van der Waals surface area (Å²) in [6, 6.07) is 12.8. The molecule has 0 aliphatic carbocycles. The molecule has 0 unspecified atom stereocenters. The van der Waals surface area contributed by atoms with Gasteiger partial charge in [0.2, 0.25) is 5.89 Å². The van der Waals surface area contributed by atoms with Crippen molar-refractivity contribution in [1.82, 2.24) is 4.98 Å². The van der Waals surface area contributed by atoms with Crippen LogP contribution in [0.25, 0.3) is 11.5 Å². The predicted molar refractivity (Wildman–Crippen MR) is 97.0 cm³/mol. The maximum absolute atomic E-state index is 12.5. The Kier molecular flexibility index (Phi) is 4.84. The predicted octanol–water partition coefficient (Wildman–Crippen LogP) is 4.61. The van der Waals surface area contributed by atoms with Crippen molar-refractivity contribution in [2.24, 2.45) is 0 Å². The summed E-state index contributed by atoms with van der Waals surface area (Å²) in [4.78, 5) is 16.7. The topological polar surface area (TPSA) is 64.4 Å². The number of amides is 1. The maximum atomic E-state index is 12.5. The van der Waals surface area contributed by atoms with Crippen molar-refractivity contribution in [3.8, 4) is 17.2 Å². The van der Waals surface area contributed by atoms with Crippen molar-refractivity contribution >= 4 is 11.6 Å². The Bertz CT molecular complexity index is 899. The third-order valence-electron chi connectivity index (χ3n) is 3.73. The van der Waals surface area contributed by atoms with Crippen LogP contribution in [0, 0.1) is 13.8 Å². The SMILES string of the molecule is CCOc1ccc(C(=O)Nc2cccc(-c3ncc(C)o3)c2)cc1C. The van der Waals surface area contributed by atoms with Crippen LogP contribution in [0.15, 0.2) is 53.1 Å². The maximum Gasteiger partial charge on any atom is 0.255 e. The Morgan fingerprint density at radius 2 is 2.04 bits per heavy atom. The van der Waals surface area contributed by atoms with Gasteiger partial charge in [-0.3, -0.25) is 4.79 Å². The van der Waals surface area contributed by atoms with E-state index >= 15 is 0 Å². The summed E-state index contributed by atoms with van der Waals surface area (Å²) < 4.78 is 11.0.